The zero-order valence-corrected chi connectivity index (χ0v) is 10.9. The van der Waals surface area contributed by atoms with E-state index >= 15 is 0 Å². The van der Waals surface area contributed by atoms with Crippen molar-refractivity contribution in [2.75, 3.05) is 7.11 Å². The largest absolute Gasteiger partial charge is 0.465 e. The minimum absolute atomic E-state index is 0.255. The van der Waals surface area contributed by atoms with E-state index in [0.717, 1.165) is 25.3 Å². The van der Waals surface area contributed by atoms with Crippen LogP contribution in [-0.2, 0) is 10.9 Å². The SMILES string of the molecule is COC(=O)c1cccc(F)c1-c1ccccc1C(F)(F)F. The van der Waals surface area contributed by atoms with E-state index in [9.17, 15) is 22.4 Å². The molecule has 0 unspecified atom stereocenters. The van der Waals surface area contributed by atoms with Crippen molar-refractivity contribution in [3.05, 3.63) is 59.4 Å². The topological polar surface area (TPSA) is 26.3 Å². The number of alkyl halides is 3. The van der Waals surface area contributed by atoms with Crippen molar-refractivity contribution in [2.45, 2.75) is 6.18 Å². The number of halogens is 4. The van der Waals surface area contributed by atoms with Crippen LogP contribution in [0.4, 0.5) is 17.6 Å². The zero-order valence-electron chi connectivity index (χ0n) is 10.9. The molecule has 0 saturated carbocycles. The van der Waals surface area contributed by atoms with E-state index in [2.05, 4.69) is 4.74 Å². The molecule has 2 aromatic rings. The Hall–Kier alpha value is -2.37. The second kappa shape index (κ2) is 5.55. The fraction of sp³-hybridized carbons (Fsp3) is 0.133. The summed E-state index contributed by atoms with van der Waals surface area (Å²) in [5.74, 6) is -1.82. The summed E-state index contributed by atoms with van der Waals surface area (Å²) in [7, 11) is 1.08. The fourth-order valence-corrected chi connectivity index (χ4v) is 2.03. The first-order valence-corrected chi connectivity index (χ1v) is 5.89. The average molecular weight is 298 g/mol. The molecule has 110 valence electrons. The van der Waals surface area contributed by atoms with Crippen LogP contribution in [0.5, 0.6) is 0 Å². The predicted octanol–water partition coefficient (Wildman–Crippen LogP) is 4.30. The number of ether oxygens (including phenoxy) is 1. The van der Waals surface area contributed by atoms with Crippen LogP contribution < -0.4 is 0 Å². The summed E-state index contributed by atoms with van der Waals surface area (Å²) >= 11 is 0. The number of carbonyl (C=O) groups is 1. The molecular formula is C15H10F4O2. The van der Waals surface area contributed by atoms with Gasteiger partial charge in [0, 0.05) is 5.56 Å². The Labute approximate surface area is 118 Å². The molecule has 6 heteroatoms. The molecule has 0 spiro atoms. The van der Waals surface area contributed by atoms with Crippen LogP contribution in [0.25, 0.3) is 11.1 Å². The first-order chi connectivity index (χ1) is 9.86. The molecule has 2 aromatic carbocycles. The number of benzene rings is 2. The molecule has 0 N–H and O–H groups in total. The summed E-state index contributed by atoms with van der Waals surface area (Å²) in [6.45, 7) is 0. The smallest absolute Gasteiger partial charge is 0.417 e. The maximum Gasteiger partial charge on any atom is 0.417 e. The van der Waals surface area contributed by atoms with E-state index in [1.54, 1.807) is 0 Å². The van der Waals surface area contributed by atoms with Crippen LogP contribution in [0, 0.1) is 5.82 Å². The molecule has 0 aromatic heterocycles. The molecule has 0 saturated heterocycles. The highest BCUT2D eigenvalue weighted by molar-refractivity contribution is 5.97. The molecule has 2 rings (SSSR count). The molecule has 0 amide bonds. The van der Waals surface area contributed by atoms with Gasteiger partial charge in [-0.3, -0.25) is 0 Å². The van der Waals surface area contributed by atoms with Gasteiger partial charge >= 0.3 is 12.1 Å². The van der Waals surface area contributed by atoms with Crippen molar-refractivity contribution in [3.8, 4) is 11.1 Å². The Balaban J connectivity index is 2.77. The highest BCUT2D eigenvalue weighted by atomic mass is 19.4. The lowest BCUT2D eigenvalue weighted by Crippen LogP contribution is -2.10. The van der Waals surface area contributed by atoms with Crippen molar-refractivity contribution >= 4 is 5.97 Å². The van der Waals surface area contributed by atoms with Crippen LogP contribution in [0.2, 0.25) is 0 Å². The van der Waals surface area contributed by atoms with Gasteiger partial charge in [-0.05, 0) is 23.8 Å². The van der Waals surface area contributed by atoms with Crippen LogP contribution in [0.3, 0.4) is 0 Å². The number of hydrogen-bond donors (Lipinski definition) is 0. The monoisotopic (exact) mass is 298 g/mol. The number of rotatable bonds is 2. The molecular weight excluding hydrogens is 288 g/mol. The first kappa shape index (κ1) is 15.0. The molecule has 0 fully saturated rings. The van der Waals surface area contributed by atoms with Gasteiger partial charge in [-0.2, -0.15) is 13.2 Å². The third-order valence-electron chi connectivity index (χ3n) is 2.92. The van der Waals surface area contributed by atoms with Crippen molar-refractivity contribution in [1.29, 1.82) is 0 Å². The van der Waals surface area contributed by atoms with Crippen molar-refractivity contribution in [3.63, 3.8) is 0 Å². The third kappa shape index (κ3) is 2.89. The molecule has 0 aliphatic carbocycles. The zero-order chi connectivity index (χ0) is 15.6. The van der Waals surface area contributed by atoms with Gasteiger partial charge in [-0.25, -0.2) is 9.18 Å². The van der Waals surface area contributed by atoms with E-state index in [4.69, 9.17) is 0 Å². The van der Waals surface area contributed by atoms with Crippen molar-refractivity contribution < 1.29 is 27.1 Å². The molecule has 2 nitrogen and oxygen atoms in total. The third-order valence-corrected chi connectivity index (χ3v) is 2.92. The first-order valence-electron chi connectivity index (χ1n) is 5.89. The lowest BCUT2D eigenvalue weighted by molar-refractivity contribution is -0.137. The van der Waals surface area contributed by atoms with Crippen molar-refractivity contribution in [2.24, 2.45) is 0 Å². The molecule has 0 aliphatic heterocycles. The second-order valence-electron chi connectivity index (χ2n) is 4.20. The lowest BCUT2D eigenvalue weighted by atomic mass is 9.94. The summed E-state index contributed by atoms with van der Waals surface area (Å²) in [6.07, 6.45) is -4.66. The van der Waals surface area contributed by atoms with Gasteiger partial charge in [0.1, 0.15) is 5.82 Å². The molecule has 0 atom stereocenters. The van der Waals surface area contributed by atoms with E-state index in [1.807, 2.05) is 0 Å². The number of esters is 1. The Morgan fingerprint density at radius 3 is 2.33 bits per heavy atom. The summed E-state index contributed by atoms with van der Waals surface area (Å²) in [6, 6.07) is 7.95. The quantitative estimate of drug-likeness (QED) is 0.610. The van der Waals surface area contributed by atoms with Gasteiger partial charge < -0.3 is 4.74 Å². The van der Waals surface area contributed by atoms with Crippen LogP contribution >= 0.6 is 0 Å². The fourth-order valence-electron chi connectivity index (χ4n) is 2.03. The summed E-state index contributed by atoms with van der Waals surface area (Å²) < 4.78 is 57.6. The number of hydrogen-bond acceptors (Lipinski definition) is 2. The van der Waals surface area contributed by atoms with Gasteiger partial charge in [-0.1, -0.05) is 24.3 Å². The van der Waals surface area contributed by atoms with Crippen LogP contribution in [-0.4, -0.2) is 13.1 Å². The second-order valence-corrected chi connectivity index (χ2v) is 4.20. The maximum atomic E-state index is 14.0. The summed E-state index contributed by atoms with van der Waals surface area (Å²) in [4.78, 5) is 11.7. The van der Waals surface area contributed by atoms with Gasteiger partial charge in [-0.15, -0.1) is 0 Å². The summed E-state index contributed by atoms with van der Waals surface area (Å²) in [5, 5.41) is 0. The highest BCUT2D eigenvalue weighted by Gasteiger charge is 2.35. The Kier molecular flexibility index (Phi) is 3.97. The number of carbonyl (C=O) groups excluding carboxylic acids is 1. The highest BCUT2D eigenvalue weighted by Crippen LogP contribution is 2.39. The standard InChI is InChI=1S/C15H10F4O2/c1-21-14(20)10-6-4-8-12(16)13(10)9-5-2-3-7-11(9)15(17,18)19/h2-8H,1H3. The lowest BCUT2D eigenvalue weighted by Gasteiger charge is -2.15. The predicted molar refractivity (Wildman–Crippen MR) is 68.2 cm³/mol. The maximum absolute atomic E-state index is 14.0. The minimum atomic E-state index is -4.66. The van der Waals surface area contributed by atoms with Crippen molar-refractivity contribution in [1.82, 2.24) is 0 Å². The molecule has 0 heterocycles. The normalized spacial score (nSPS) is 11.3. The average Bonchev–Trinajstić information content (AvgIpc) is 2.45. The number of methoxy groups -OCH3 is 1. The van der Waals surface area contributed by atoms with Crippen LogP contribution in [0.1, 0.15) is 15.9 Å². The van der Waals surface area contributed by atoms with Gasteiger partial charge in [0.2, 0.25) is 0 Å². The molecule has 0 bridgehead atoms. The van der Waals surface area contributed by atoms with E-state index in [1.165, 1.54) is 24.3 Å². The summed E-state index contributed by atoms with van der Waals surface area (Å²) in [5.41, 5.74) is -2.09. The Morgan fingerprint density at radius 2 is 1.71 bits per heavy atom. The Bertz CT molecular complexity index is 678. The van der Waals surface area contributed by atoms with E-state index < -0.39 is 34.7 Å². The van der Waals surface area contributed by atoms with Gasteiger partial charge in [0.15, 0.2) is 0 Å². The van der Waals surface area contributed by atoms with E-state index in [-0.39, 0.29) is 5.56 Å². The minimum Gasteiger partial charge on any atom is -0.465 e. The molecule has 21 heavy (non-hydrogen) atoms. The van der Waals surface area contributed by atoms with Crippen LogP contribution in [0.15, 0.2) is 42.5 Å². The molecule has 0 radical (unpaired) electrons. The van der Waals surface area contributed by atoms with Gasteiger partial charge in [0.05, 0.1) is 18.2 Å². The Morgan fingerprint density at radius 1 is 1.05 bits per heavy atom. The van der Waals surface area contributed by atoms with E-state index in [0.29, 0.717) is 0 Å². The van der Waals surface area contributed by atoms with Gasteiger partial charge in [0.25, 0.3) is 0 Å². The molecule has 0 aliphatic rings.